The predicted octanol–water partition coefficient (Wildman–Crippen LogP) is 3.33. The van der Waals surface area contributed by atoms with E-state index in [1.54, 1.807) is 0 Å². The van der Waals surface area contributed by atoms with Gasteiger partial charge in [-0.25, -0.2) is 0 Å². The first kappa shape index (κ1) is 12.4. The van der Waals surface area contributed by atoms with E-state index in [4.69, 9.17) is 4.74 Å². The van der Waals surface area contributed by atoms with Gasteiger partial charge in [0.2, 0.25) is 0 Å². The third-order valence-corrected chi connectivity index (χ3v) is 5.51. The third kappa shape index (κ3) is 1.37. The first-order chi connectivity index (χ1) is 10.6. The van der Waals surface area contributed by atoms with E-state index in [1.165, 1.54) is 22.3 Å². The Morgan fingerprint density at radius 3 is 2.41 bits per heavy atom. The summed E-state index contributed by atoms with van der Waals surface area (Å²) in [5, 5.41) is 3.18. The Hall–Kier alpha value is -2.13. The molecule has 3 heteroatoms. The van der Waals surface area contributed by atoms with Crippen LogP contribution in [0.2, 0.25) is 0 Å². The van der Waals surface area contributed by atoms with E-state index in [9.17, 15) is 4.79 Å². The van der Waals surface area contributed by atoms with Crippen molar-refractivity contribution in [2.24, 2.45) is 0 Å². The van der Waals surface area contributed by atoms with Gasteiger partial charge >= 0.3 is 0 Å². The highest BCUT2D eigenvalue weighted by molar-refractivity contribution is 5.97. The summed E-state index contributed by atoms with van der Waals surface area (Å²) in [6.07, 6.45) is 0.0488. The van der Waals surface area contributed by atoms with Gasteiger partial charge in [0.1, 0.15) is 6.10 Å². The molecule has 110 valence electrons. The van der Waals surface area contributed by atoms with Crippen molar-refractivity contribution in [1.29, 1.82) is 0 Å². The first-order valence-corrected chi connectivity index (χ1v) is 7.81. The molecule has 1 N–H and O–H groups in total. The maximum absolute atomic E-state index is 12.4. The van der Waals surface area contributed by atoms with Gasteiger partial charge in [0.05, 0.1) is 12.1 Å². The molecule has 0 aliphatic carbocycles. The average Bonchev–Trinajstić information content (AvgIpc) is 3.05. The van der Waals surface area contributed by atoms with Crippen LogP contribution in [0.3, 0.4) is 0 Å². The lowest BCUT2D eigenvalue weighted by Gasteiger charge is -2.35. The summed E-state index contributed by atoms with van der Waals surface area (Å²) in [6.45, 7) is 4.28. The number of amides is 1. The number of rotatable bonds is 0. The highest BCUT2D eigenvalue weighted by atomic mass is 16.5. The summed E-state index contributed by atoms with van der Waals surface area (Å²) in [5.41, 5.74) is 7.08. The molecule has 2 bridgehead atoms. The summed E-state index contributed by atoms with van der Waals surface area (Å²) < 4.78 is 6.29. The van der Waals surface area contributed by atoms with Crippen LogP contribution in [-0.4, -0.2) is 11.9 Å². The molecule has 0 aromatic heterocycles. The number of hydrogen-bond acceptors (Lipinski definition) is 2. The van der Waals surface area contributed by atoms with E-state index in [0.717, 1.165) is 11.1 Å². The number of aryl methyl sites for hydroxylation is 2. The Labute approximate surface area is 129 Å². The van der Waals surface area contributed by atoms with Crippen molar-refractivity contribution in [2.75, 3.05) is 0 Å². The predicted molar refractivity (Wildman–Crippen MR) is 82.9 cm³/mol. The highest BCUT2D eigenvalue weighted by Gasteiger charge is 2.55. The molecule has 2 aromatic rings. The molecule has 3 heterocycles. The molecule has 1 saturated heterocycles. The molecule has 1 fully saturated rings. The van der Waals surface area contributed by atoms with Crippen LogP contribution in [0.1, 0.15) is 56.3 Å². The Bertz CT molecular complexity index is 826. The standard InChI is InChI=1S/C19H17NO2/c1-9-7-13-14(8-10(9)2)18-16-15(17(13)22-18)11-5-3-4-6-12(11)19(21)20-16/h3-8,15-18H,1-2H3,(H,20,21)/t15?,16?,17-,18+/m1/s1. The van der Waals surface area contributed by atoms with Crippen molar-refractivity contribution in [3.63, 3.8) is 0 Å². The van der Waals surface area contributed by atoms with Gasteiger partial charge in [0.15, 0.2) is 0 Å². The quantitative estimate of drug-likeness (QED) is 0.808. The Kier molecular flexibility index (Phi) is 2.25. The summed E-state index contributed by atoms with van der Waals surface area (Å²) in [5.74, 6) is 0.256. The van der Waals surface area contributed by atoms with Crippen molar-refractivity contribution in [3.8, 4) is 0 Å². The second-order valence-electron chi connectivity index (χ2n) is 6.65. The summed E-state index contributed by atoms with van der Waals surface area (Å²) in [4.78, 5) is 12.4. The Morgan fingerprint density at radius 2 is 1.64 bits per heavy atom. The summed E-state index contributed by atoms with van der Waals surface area (Å²) >= 11 is 0. The van der Waals surface area contributed by atoms with E-state index in [1.807, 2.05) is 18.2 Å². The molecule has 3 aliphatic rings. The number of hydrogen-bond donors (Lipinski definition) is 1. The SMILES string of the molecule is Cc1cc2c(cc1C)[C@@H]1O[C@H]2C2c3ccccc3C(=O)NC21. The molecule has 22 heavy (non-hydrogen) atoms. The molecule has 2 unspecified atom stereocenters. The zero-order chi connectivity index (χ0) is 15.0. The van der Waals surface area contributed by atoms with Crippen molar-refractivity contribution < 1.29 is 9.53 Å². The molecule has 4 atom stereocenters. The van der Waals surface area contributed by atoms with Gasteiger partial charge in [-0.3, -0.25) is 4.79 Å². The minimum atomic E-state index is -0.0124. The number of benzene rings is 2. The lowest BCUT2D eigenvalue weighted by atomic mass is 9.72. The molecule has 2 aromatic carbocycles. The van der Waals surface area contributed by atoms with Crippen molar-refractivity contribution >= 4 is 5.91 Å². The number of fused-ring (bicyclic) bond motifs is 10. The van der Waals surface area contributed by atoms with E-state index >= 15 is 0 Å². The minimum absolute atomic E-state index is 0.0124. The topological polar surface area (TPSA) is 38.3 Å². The first-order valence-electron chi connectivity index (χ1n) is 7.81. The van der Waals surface area contributed by atoms with Crippen molar-refractivity contribution in [2.45, 2.75) is 38.0 Å². The Morgan fingerprint density at radius 1 is 0.955 bits per heavy atom. The monoisotopic (exact) mass is 291 g/mol. The second-order valence-corrected chi connectivity index (χ2v) is 6.65. The van der Waals surface area contributed by atoms with Crippen molar-refractivity contribution in [1.82, 2.24) is 5.32 Å². The number of nitrogens with one attached hydrogen (secondary N) is 1. The van der Waals surface area contributed by atoms with Gasteiger partial charge in [0, 0.05) is 11.5 Å². The van der Waals surface area contributed by atoms with E-state index < -0.39 is 0 Å². The van der Waals surface area contributed by atoms with Crippen LogP contribution >= 0.6 is 0 Å². The van der Waals surface area contributed by atoms with E-state index in [0.29, 0.717) is 0 Å². The number of carbonyl (C=O) groups is 1. The maximum atomic E-state index is 12.4. The van der Waals surface area contributed by atoms with Crippen LogP contribution in [0.5, 0.6) is 0 Å². The molecule has 1 amide bonds. The molecule has 0 spiro atoms. The fourth-order valence-corrected chi connectivity index (χ4v) is 4.34. The zero-order valence-corrected chi connectivity index (χ0v) is 12.6. The normalized spacial score (nSPS) is 30.5. The van der Waals surface area contributed by atoms with E-state index in [2.05, 4.69) is 37.4 Å². The number of ether oxygens (including phenoxy) is 1. The molecule has 0 saturated carbocycles. The van der Waals surface area contributed by atoms with Gasteiger partial charge < -0.3 is 10.1 Å². The van der Waals surface area contributed by atoms with Crippen LogP contribution in [-0.2, 0) is 4.74 Å². The summed E-state index contributed by atoms with van der Waals surface area (Å²) in [6, 6.07) is 12.5. The smallest absolute Gasteiger partial charge is 0.251 e. The van der Waals surface area contributed by atoms with Crippen LogP contribution in [0.4, 0.5) is 0 Å². The molecular weight excluding hydrogens is 274 g/mol. The van der Waals surface area contributed by atoms with E-state index in [-0.39, 0.29) is 30.1 Å². The second kappa shape index (κ2) is 3.99. The molecule has 5 rings (SSSR count). The lowest BCUT2D eigenvalue weighted by Crippen LogP contribution is -2.46. The summed E-state index contributed by atoms with van der Waals surface area (Å²) in [7, 11) is 0. The molecule has 3 aliphatic heterocycles. The zero-order valence-electron chi connectivity index (χ0n) is 12.6. The fourth-order valence-electron chi connectivity index (χ4n) is 4.34. The molecule has 0 radical (unpaired) electrons. The molecule has 3 nitrogen and oxygen atoms in total. The van der Waals surface area contributed by atoms with Gasteiger partial charge in [-0.1, -0.05) is 30.3 Å². The lowest BCUT2D eigenvalue weighted by molar-refractivity contribution is 0.0611. The van der Waals surface area contributed by atoms with Crippen LogP contribution in [0.15, 0.2) is 36.4 Å². The van der Waals surface area contributed by atoms with Crippen LogP contribution in [0.25, 0.3) is 0 Å². The average molecular weight is 291 g/mol. The van der Waals surface area contributed by atoms with Crippen LogP contribution < -0.4 is 5.32 Å². The highest BCUT2D eigenvalue weighted by Crippen LogP contribution is 2.59. The Balaban J connectivity index is 1.71. The number of carbonyl (C=O) groups excluding carboxylic acids is 1. The largest absolute Gasteiger partial charge is 0.363 e. The molecular formula is C19H17NO2. The van der Waals surface area contributed by atoms with Crippen LogP contribution in [0, 0.1) is 13.8 Å². The van der Waals surface area contributed by atoms with Gasteiger partial charge in [0.25, 0.3) is 5.91 Å². The minimum Gasteiger partial charge on any atom is -0.363 e. The van der Waals surface area contributed by atoms with Crippen molar-refractivity contribution in [3.05, 3.63) is 69.8 Å². The van der Waals surface area contributed by atoms with Gasteiger partial charge in [-0.05, 0) is 47.7 Å². The van der Waals surface area contributed by atoms with Gasteiger partial charge in [-0.2, -0.15) is 0 Å². The van der Waals surface area contributed by atoms with Gasteiger partial charge in [-0.15, -0.1) is 0 Å². The third-order valence-electron chi connectivity index (χ3n) is 5.51. The maximum Gasteiger partial charge on any atom is 0.251 e. The fraction of sp³-hybridized carbons (Fsp3) is 0.316.